The summed E-state index contributed by atoms with van der Waals surface area (Å²) < 4.78 is 5.85. The molecule has 6 nitrogen and oxygen atoms in total. The fraction of sp³-hybridized carbons (Fsp3) is 0.684. The highest BCUT2D eigenvalue weighted by molar-refractivity contribution is 5.76. The number of hydrogen-bond donors (Lipinski definition) is 1. The van der Waals surface area contributed by atoms with Crippen LogP contribution >= 0.6 is 0 Å². The molecule has 2 aliphatic rings. The van der Waals surface area contributed by atoms with Gasteiger partial charge in [-0.2, -0.15) is 0 Å². The molecule has 1 atom stereocenters. The molecule has 0 spiro atoms. The zero-order chi connectivity index (χ0) is 18.2. The topological polar surface area (TPSA) is 65.8 Å². The van der Waals surface area contributed by atoms with Crippen LogP contribution in [0.25, 0.3) is 0 Å². The Bertz CT molecular complexity index is 665. The van der Waals surface area contributed by atoms with Crippen molar-refractivity contribution in [2.75, 3.05) is 26.2 Å². The monoisotopic (exact) mass is 347 g/mol. The van der Waals surface area contributed by atoms with E-state index in [2.05, 4.69) is 25.2 Å². The molecule has 1 aliphatic heterocycles. The van der Waals surface area contributed by atoms with Crippen LogP contribution in [0.3, 0.4) is 0 Å². The van der Waals surface area contributed by atoms with Gasteiger partial charge in [0.1, 0.15) is 11.5 Å². The van der Waals surface area contributed by atoms with Crippen molar-refractivity contribution in [3.05, 3.63) is 23.2 Å². The molecular formula is C19H29N3O3. The Morgan fingerprint density at radius 3 is 2.60 bits per heavy atom. The summed E-state index contributed by atoms with van der Waals surface area (Å²) in [6.45, 7) is 10.6. The van der Waals surface area contributed by atoms with Crippen LogP contribution in [0, 0.1) is 12.3 Å². The Morgan fingerprint density at radius 1 is 1.20 bits per heavy atom. The van der Waals surface area contributed by atoms with Crippen molar-refractivity contribution in [2.45, 2.75) is 53.0 Å². The molecule has 1 aromatic heterocycles. The Morgan fingerprint density at radius 2 is 1.88 bits per heavy atom. The van der Waals surface area contributed by atoms with E-state index >= 15 is 0 Å². The van der Waals surface area contributed by atoms with Gasteiger partial charge >= 0.3 is 6.03 Å². The lowest BCUT2D eigenvalue weighted by molar-refractivity contribution is -0.128. The largest absolute Gasteiger partial charge is 0.466 e. The molecule has 1 fully saturated rings. The maximum atomic E-state index is 12.8. The van der Waals surface area contributed by atoms with Crippen LogP contribution in [0.5, 0.6) is 0 Å². The maximum absolute atomic E-state index is 12.8. The van der Waals surface area contributed by atoms with Gasteiger partial charge in [-0.05, 0) is 31.2 Å². The van der Waals surface area contributed by atoms with Crippen LogP contribution in [-0.4, -0.2) is 47.9 Å². The summed E-state index contributed by atoms with van der Waals surface area (Å²) in [5, 5.41) is 3.21. The van der Waals surface area contributed by atoms with Gasteiger partial charge in [0.2, 0.25) is 5.91 Å². The van der Waals surface area contributed by atoms with Gasteiger partial charge < -0.3 is 19.5 Å². The van der Waals surface area contributed by atoms with Crippen molar-refractivity contribution in [2.24, 2.45) is 5.41 Å². The van der Waals surface area contributed by atoms with Crippen molar-refractivity contribution >= 4 is 11.9 Å². The first-order valence-electron chi connectivity index (χ1n) is 9.15. The summed E-state index contributed by atoms with van der Waals surface area (Å²) >= 11 is 0. The SMILES string of the molecule is CC(=O)N1CCCN(C(=O)N[C@@H]2CC(C)(C)Cc3oc(C)cc32)CC1. The second-order valence-corrected chi connectivity index (χ2v) is 8.13. The molecule has 3 amide bonds. The number of carbonyl (C=O) groups excluding carboxylic acids is 2. The number of furan rings is 1. The highest BCUT2D eigenvalue weighted by Gasteiger charge is 2.36. The molecule has 0 bridgehead atoms. The van der Waals surface area contributed by atoms with Gasteiger partial charge in [0.15, 0.2) is 0 Å². The van der Waals surface area contributed by atoms with Crippen molar-refractivity contribution in [1.82, 2.24) is 15.1 Å². The van der Waals surface area contributed by atoms with Crippen LogP contribution in [0.2, 0.25) is 0 Å². The van der Waals surface area contributed by atoms with E-state index in [4.69, 9.17) is 4.42 Å². The number of amides is 3. The third kappa shape index (κ3) is 3.99. The first kappa shape index (κ1) is 17.8. The minimum atomic E-state index is -0.0436. The number of urea groups is 1. The molecular weight excluding hydrogens is 318 g/mol. The summed E-state index contributed by atoms with van der Waals surface area (Å²) in [6, 6.07) is 1.99. The van der Waals surface area contributed by atoms with E-state index in [9.17, 15) is 9.59 Å². The van der Waals surface area contributed by atoms with E-state index in [0.717, 1.165) is 42.9 Å². The van der Waals surface area contributed by atoms with Gasteiger partial charge in [0.05, 0.1) is 6.04 Å². The minimum absolute atomic E-state index is 0.0177. The predicted octanol–water partition coefficient (Wildman–Crippen LogP) is 2.87. The van der Waals surface area contributed by atoms with Gasteiger partial charge in [-0.3, -0.25) is 4.79 Å². The third-order valence-electron chi connectivity index (χ3n) is 5.26. The molecule has 1 aromatic rings. The second kappa shape index (κ2) is 6.73. The molecule has 138 valence electrons. The zero-order valence-electron chi connectivity index (χ0n) is 15.7. The lowest BCUT2D eigenvalue weighted by Crippen LogP contribution is -2.45. The van der Waals surface area contributed by atoms with E-state index in [-0.39, 0.29) is 23.4 Å². The highest BCUT2D eigenvalue weighted by atomic mass is 16.3. The van der Waals surface area contributed by atoms with Crippen molar-refractivity contribution in [3.63, 3.8) is 0 Å². The number of nitrogens with one attached hydrogen (secondary N) is 1. The van der Waals surface area contributed by atoms with E-state index in [1.807, 2.05) is 16.7 Å². The van der Waals surface area contributed by atoms with Crippen molar-refractivity contribution < 1.29 is 14.0 Å². The number of hydrogen-bond acceptors (Lipinski definition) is 3. The summed E-state index contributed by atoms with van der Waals surface area (Å²) in [5.41, 5.74) is 1.21. The molecule has 1 aliphatic carbocycles. The third-order valence-corrected chi connectivity index (χ3v) is 5.26. The van der Waals surface area contributed by atoms with E-state index in [0.29, 0.717) is 19.6 Å². The van der Waals surface area contributed by atoms with Crippen LogP contribution in [0.4, 0.5) is 4.79 Å². The van der Waals surface area contributed by atoms with Crippen LogP contribution < -0.4 is 5.32 Å². The van der Waals surface area contributed by atoms with E-state index < -0.39 is 0 Å². The molecule has 0 aromatic carbocycles. The molecule has 0 saturated carbocycles. The first-order valence-corrected chi connectivity index (χ1v) is 9.15. The summed E-state index contributed by atoms with van der Waals surface area (Å²) in [4.78, 5) is 28.0. The standard InChI is InChI=1S/C19H29N3O3/c1-13-10-15-16(11-19(3,4)12-17(15)25-13)20-18(24)22-7-5-6-21(8-9-22)14(2)23/h10,16H,5-9,11-12H2,1-4H3,(H,20,24)/t16-/m1/s1. The van der Waals surface area contributed by atoms with Gasteiger partial charge in [-0.25, -0.2) is 4.79 Å². The van der Waals surface area contributed by atoms with E-state index in [1.54, 1.807) is 6.92 Å². The lowest BCUT2D eigenvalue weighted by atomic mass is 9.75. The van der Waals surface area contributed by atoms with Crippen LogP contribution in [0.1, 0.15) is 56.7 Å². The van der Waals surface area contributed by atoms with Gasteiger partial charge in [0.25, 0.3) is 0 Å². The van der Waals surface area contributed by atoms with Crippen LogP contribution in [0.15, 0.2) is 10.5 Å². The van der Waals surface area contributed by atoms with Gasteiger partial charge in [-0.15, -0.1) is 0 Å². The smallest absolute Gasteiger partial charge is 0.317 e. The number of rotatable bonds is 1. The van der Waals surface area contributed by atoms with Crippen LogP contribution in [-0.2, 0) is 11.2 Å². The quantitative estimate of drug-likeness (QED) is 0.849. The Kier molecular flexibility index (Phi) is 4.80. The minimum Gasteiger partial charge on any atom is -0.466 e. The average Bonchev–Trinajstić information content (AvgIpc) is 2.72. The summed E-state index contributed by atoms with van der Waals surface area (Å²) in [6.07, 6.45) is 2.62. The fourth-order valence-corrected chi connectivity index (χ4v) is 3.99. The molecule has 2 heterocycles. The summed E-state index contributed by atoms with van der Waals surface area (Å²) in [5.74, 6) is 1.97. The second-order valence-electron chi connectivity index (χ2n) is 8.13. The maximum Gasteiger partial charge on any atom is 0.317 e. The van der Waals surface area contributed by atoms with Gasteiger partial charge in [0, 0.05) is 45.1 Å². The molecule has 6 heteroatoms. The first-order chi connectivity index (χ1) is 11.7. The zero-order valence-corrected chi connectivity index (χ0v) is 15.7. The van der Waals surface area contributed by atoms with Gasteiger partial charge in [-0.1, -0.05) is 13.8 Å². The molecule has 0 unspecified atom stereocenters. The fourth-order valence-electron chi connectivity index (χ4n) is 3.99. The molecule has 1 saturated heterocycles. The predicted molar refractivity (Wildman–Crippen MR) is 95.3 cm³/mol. The molecule has 25 heavy (non-hydrogen) atoms. The molecule has 0 radical (unpaired) electrons. The summed E-state index contributed by atoms with van der Waals surface area (Å²) in [7, 11) is 0. The van der Waals surface area contributed by atoms with Crippen molar-refractivity contribution in [3.8, 4) is 0 Å². The highest BCUT2D eigenvalue weighted by Crippen LogP contribution is 2.42. The number of carbonyl (C=O) groups is 2. The Balaban J connectivity index is 1.69. The van der Waals surface area contributed by atoms with Crippen molar-refractivity contribution in [1.29, 1.82) is 0 Å². The normalized spacial score (nSPS) is 23.0. The number of fused-ring (bicyclic) bond motifs is 1. The van der Waals surface area contributed by atoms with E-state index in [1.165, 1.54) is 0 Å². The Hall–Kier alpha value is -1.98. The Labute approximate surface area is 149 Å². The average molecular weight is 347 g/mol. The molecule has 3 rings (SSSR count). The number of nitrogens with zero attached hydrogens (tertiary/aromatic N) is 2. The lowest BCUT2D eigenvalue weighted by Gasteiger charge is -2.35. The number of aryl methyl sites for hydroxylation is 1. The molecule has 1 N–H and O–H groups in total.